The van der Waals surface area contributed by atoms with Crippen LogP contribution in [0.5, 0.6) is 0 Å². The molecule has 2 amide bonds. The second-order valence-corrected chi connectivity index (χ2v) is 7.39. The lowest BCUT2D eigenvalue weighted by Gasteiger charge is -2.15. The third-order valence-electron chi connectivity index (χ3n) is 4.63. The molecule has 0 unspecified atom stereocenters. The Morgan fingerprint density at radius 1 is 1.23 bits per heavy atom. The van der Waals surface area contributed by atoms with Gasteiger partial charge >= 0.3 is 0 Å². The number of pyridine rings is 2. The molecule has 0 saturated heterocycles. The van der Waals surface area contributed by atoms with E-state index in [2.05, 4.69) is 20.6 Å². The number of hydrogen-bond donors (Lipinski definition) is 2. The number of anilines is 1. The number of aryl methyl sites for hydroxylation is 1. The number of rotatable bonds is 7. The Kier molecular flexibility index (Phi) is 6.28. The molecule has 3 rings (SSSR count). The number of aromatic nitrogens is 3. The summed E-state index contributed by atoms with van der Waals surface area (Å²) >= 11 is 0. The highest BCUT2D eigenvalue weighted by Gasteiger charge is 2.26. The van der Waals surface area contributed by atoms with Crippen molar-refractivity contribution in [1.29, 1.82) is 0 Å². The maximum absolute atomic E-state index is 13.6. The van der Waals surface area contributed by atoms with Crippen molar-refractivity contribution in [3.63, 3.8) is 0 Å². The highest BCUT2D eigenvalue weighted by atomic mass is 19.3. The topological polar surface area (TPSA) is 88.9 Å². The summed E-state index contributed by atoms with van der Waals surface area (Å²) in [4.78, 5) is 32.4. The molecule has 0 aliphatic rings. The number of halogens is 3. The van der Waals surface area contributed by atoms with E-state index in [-0.39, 0.29) is 23.5 Å². The molecule has 0 radical (unpaired) electrons. The molecule has 3 aromatic rings. The van der Waals surface area contributed by atoms with Crippen LogP contribution < -0.4 is 10.6 Å². The van der Waals surface area contributed by atoms with Crippen LogP contribution in [0.25, 0.3) is 11.0 Å². The van der Waals surface area contributed by atoms with Crippen LogP contribution in [0.15, 0.2) is 36.7 Å². The molecule has 0 aliphatic carbocycles. The van der Waals surface area contributed by atoms with E-state index >= 15 is 0 Å². The van der Waals surface area contributed by atoms with Gasteiger partial charge in [0.25, 0.3) is 18.2 Å². The van der Waals surface area contributed by atoms with Crippen molar-refractivity contribution in [2.24, 2.45) is 0 Å². The summed E-state index contributed by atoms with van der Waals surface area (Å²) in [5.74, 6) is -1.49. The van der Waals surface area contributed by atoms with Gasteiger partial charge in [-0.2, -0.15) is 0 Å². The van der Waals surface area contributed by atoms with E-state index in [1.165, 1.54) is 6.07 Å². The molecule has 0 saturated carbocycles. The predicted molar refractivity (Wildman–Crippen MR) is 110 cm³/mol. The molecule has 0 aliphatic heterocycles. The largest absolute Gasteiger partial charge is 0.349 e. The summed E-state index contributed by atoms with van der Waals surface area (Å²) in [6.45, 7) is 4.76. The Balaban J connectivity index is 1.83. The van der Waals surface area contributed by atoms with E-state index in [1.807, 2.05) is 17.7 Å². The molecule has 164 valence electrons. The van der Waals surface area contributed by atoms with E-state index in [9.17, 15) is 22.8 Å². The third kappa shape index (κ3) is 5.01. The monoisotopic (exact) mass is 433 g/mol. The van der Waals surface area contributed by atoms with Crippen LogP contribution in [0.4, 0.5) is 19.0 Å². The van der Waals surface area contributed by atoms with E-state index in [1.54, 1.807) is 18.2 Å². The fourth-order valence-electron chi connectivity index (χ4n) is 2.97. The van der Waals surface area contributed by atoms with Crippen molar-refractivity contribution in [3.05, 3.63) is 53.5 Å². The number of nitrogens with zero attached hydrogens (tertiary/aromatic N) is 3. The summed E-state index contributed by atoms with van der Waals surface area (Å²) in [5.41, 5.74) is -1.35. The van der Waals surface area contributed by atoms with Gasteiger partial charge in [-0.1, -0.05) is 0 Å². The number of amides is 2. The summed E-state index contributed by atoms with van der Waals surface area (Å²) in [5, 5.41) is 4.85. The second kappa shape index (κ2) is 8.75. The summed E-state index contributed by atoms with van der Waals surface area (Å²) in [6, 6.07) is 6.34. The first-order chi connectivity index (χ1) is 14.6. The van der Waals surface area contributed by atoms with Crippen LogP contribution in [0.2, 0.25) is 0 Å². The Labute approximate surface area is 176 Å². The molecule has 31 heavy (non-hydrogen) atoms. The number of carbonyl (C=O) groups excluding carboxylic acids is 2. The zero-order valence-corrected chi connectivity index (χ0v) is 17.2. The van der Waals surface area contributed by atoms with Crippen molar-refractivity contribution in [1.82, 2.24) is 19.9 Å². The molecule has 0 bridgehead atoms. The Bertz CT molecular complexity index is 1120. The molecule has 3 aromatic heterocycles. The smallest absolute Gasteiger partial charge is 0.281 e. The molecule has 0 fully saturated rings. The summed E-state index contributed by atoms with van der Waals surface area (Å²) < 4.78 is 42.4. The van der Waals surface area contributed by atoms with Crippen molar-refractivity contribution in [2.75, 3.05) is 5.32 Å². The number of carbonyl (C=O) groups is 2. The molecule has 7 nitrogen and oxygen atoms in total. The van der Waals surface area contributed by atoms with Gasteiger partial charge < -0.3 is 15.2 Å². The first kappa shape index (κ1) is 22.3. The minimum Gasteiger partial charge on any atom is -0.349 e. The highest BCUT2D eigenvalue weighted by Crippen LogP contribution is 2.23. The maximum atomic E-state index is 13.6. The molecule has 0 spiro atoms. The molecule has 0 aromatic carbocycles. The molecule has 0 atom stereocenters. The second-order valence-electron chi connectivity index (χ2n) is 7.39. The SMILES string of the molecule is CCn1ccc2nc(NC(=O)c3cc(CNC(=O)C(C)(C)F)cnc3C(F)F)ccc21. The molecule has 10 heteroatoms. The van der Waals surface area contributed by atoms with Gasteiger partial charge in [-0.3, -0.25) is 14.6 Å². The van der Waals surface area contributed by atoms with Crippen LogP contribution in [-0.4, -0.2) is 32.0 Å². The standard InChI is InChI=1S/C21H22F3N5O2/c1-4-29-8-7-14-15(29)5-6-16(27-14)28-19(30)13-9-12(10-25-17(13)18(22)23)11-26-20(31)21(2,3)24/h5-10,18H,4,11H2,1-3H3,(H,26,31)(H,27,28,30). The minimum absolute atomic E-state index is 0.169. The van der Waals surface area contributed by atoms with Crippen molar-refractivity contribution >= 4 is 28.7 Å². The quantitative estimate of drug-likeness (QED) is 0.589. The van der Waals surface area contributed by atoms with Gasteiger partial charge in [0, 0.05) is 25.5 Å². The number of alkyl halides is 3. The lowest BCUT2D eigenvalue weighted by Crippen LogP contribution is -2.38. The van der Waals surface area contributed by atoms with Gasteiger partial charge in [-0.15, -0.1) is 0 Å². The normalized spacial score (nSPS) is 11.7. The van der Waals surface area contributed by atoms with Crippen molar-refractivity contribution in [3.8, 4) is 0 Å². The first-order valence-electron chi connectivity index (χ1n) is 9.61. The van der Waals surface area contributed by atoms with E-state index in [0.29, 0.717) is 5.52 Å². The zero-order chi connectivity index (χ0) is 22.8. The van der Waals surface area contributed by atoms with Crippen LogP contribution in [0, 0.1) is 0 Å². The van der Waals surface area contributed by atoms with Crippen LogP contribution in [-0.2, 0) is 17.9 Å². The lowest BCUT2D eigenvalue weighted by molar-refractivity contribution is -0.130. The Hall–Kier alpha value is -3.43. The summed E-state index contributed by atoms with van der Waals surface area (Å²) in [7, 11) is 0. The molecular weight excluding hydrogens is 411 g/mol. The van der Waals surface area contributed by atoms with Crippen molar-refractivity contribution < 1.29 is 22.8 Å². The van der Waals surface area contributed by atoms with Crippen molar-refractivity contribution in [2.45, 2.75) is 46.0 Å². The fraction of sp³-hybridized carbons (Fsp3) is 0.333. The lowest BCUT2D eigenvalue weighted by atomic mass is 10.1. The molecule has 3 heterocycles. The van der Waals surface area contributed by atoms with Crippen LogP contribution >= 0.6 is 0 Å². The first-order valence-corrected chi connectivity index (χ1v) is 9.61. The van der Waals surface area contributed by atoms with Gasteiger partial charge in [0.15, 0.2) is 5.67 Å². The average Bonchev–Trinajstić information content (AvgIpc) is 3.13. The number of hydrogen-bond acceptors (Lipinski definition) is 4. The van der Waals surface area contributed by atoms with Crippen LogP contribution in [0.1, 0.15) is 48.8 Å². The van der Waals surface area contributed by atoms with E-state index in [0.717, 1.165) is 32.1 Å². The minimum atomic E-state index is -2.98. The zero-order valence-electron chi connectivity index (χ0n) is 17.2. The third-order valence-corrected chi connectivity index (χ3v) is 4.63. The summed E-state index contributed by atoms with van der Waals surface area (Å²) in [6.07, 6.45) is -0.0108. The highest BCUT2D eigenvalue weighted by molar-refractivity contribution is 6.05. The van der Waals surface area contributed by atoms with Gasteiger partial charge in [0.2, 0.25) is 0 Å². The van der Waals surface area contributed by atoms with E-state index in [4.69, 9.17) is 0 Å². The van der Waals surface area contributed by atoms with Gasteiger partial charge in [-0.25, -0.2) is 18.2 Å². The molecular formula is C21H22F3N5O2. The Morgan fingerprint density at radius 3 is 2.61 bits per heavy atom. The van der Waals surface area contributed by atoms with Gasteiger partial charge in [0.1, 0.15) is 11.5 Å². The fourth-order valence-corrected chi connectivity index (χ4v) is 2.97. The number of fused-ring (bicyclic) bond motifs is 1. The van der Waals surface area contributed by atoms with Gasteiger partial charge in [0.05, 0.1) is 16.6 Å². The Morgan fingerprint density at radius 2 is 1.97 bits per heavy atom. The predicted octanol–water partition coefficient (Wildman–Crippen LogP) is 4.01. The van der Waals surface area contributed by atoms with Crippen LogP contribution in [0.3, 0.4) is 0 Å². The van der Waals surface area contributed by atoms with Gasteiger partial charge in [-0.05, 0) is 50.6 Å². The number of nitrogens with one attached hydrogen (secondary N) is 2. The molecule has 2 N–H and O–H groups in total. The average molecular weight is 433 g/mol. The maximum Gasteiger partial charge on any atom is 0.281 e. The van der Waals surface area contributed by atoms with E-state index < -0.39 is 29.6 Å².